The molecule has 2 heterocycles. The maximum atomic E-state index is 11.8. The van der Waals surface area contributed by atoms with Crippen molar-refractivity contribution >= 4 is 12.6 Å². The third-order valence-electron chi connectivity index (χ3n) is 2.69. The summed E-state index contributed by atoms with van der Waals surface area (Å²) in [5, 5.41) is 0.0309. The highest BCUT2D eigenvalue weighted by Gasteiger charge is 2.19. The van der Waals surface area contributed by atoms with Crippen LogP contribution >= 0.6 is 0 Å². The lowest BCUT2D eigenvalue weighted by Gasteiger charge is -2.16. The van der Waals surface area contributed by atoms with Crippen LogP contribution in [0.1, 0.15) is 33.5 Å². The van der Waals surface area contributed by atoms with Gasteiger partial charge in [0.15, 0.2) is 0 Å². The van der Waals surface area contributed by atoms with Crippen LogP contribution in [0.2, 0.25) is 0 Å². The molecule has 0 bridgehead atoms. The number of nitrogens with zero attached hydrogens (tertiary/aromatic N) is 1. The van der Waals surface area contributed by atoms with Gasteiger partial charge in [0.1, 0.15) is 5.35 Å². The minimum absolute atomic E-state index is 0.0785. The van der Waals surface area contributed by atoms with E-state index in [1.807, 2.05) is 20.8 Å². The number of imidazole rings is 1. The Balaban J connectivity index is 2.71. The van der Waals surface area contributed by atoms with E-state index in [1.165, 1.54) is 6.08 Å². The zero-order valence-electron chi connectivity index (χ0n) is 12.0. The van der Waals surface area contributed by atoms with Crippen LogP contribution in [-0.2, 0) is 5.41 Å². The number of aromatic nitrogens is 4. The first-order chi connectivity index (χ1) is 9.32. The molecule has 2 rings (SSSR count). The Kier molecular flexibility index (Phi) is 2.70. The Bertz CT molecular complexity index is 852. The van der Waals surface area contributed by atoms with Gasteiger partial charge in [-0.05, 0) is 6.08 Å². The average Bonchev–Trinajstić information content (AvgIpc) is 2.81. The van der Waals surface area contributed by atoms with Crippen molar-refractivity contribution < 1.29 is 1.37 Å². The van der Waals surface area contributed by atoms with Crippen LogP contribution in [0.5, 0.6) is 0 Å². The molecule has 6 nitrogen and oxygen atoms in total. The van der Waals surface area contributed by atoms with Gasteiger partial charge in [0.25, 0.3) is 11.1 Å². The topological polar surface area (TPSA) is 94.4 Å². The fourth-order valence-electron chi connectivity index (χ4n) is 1.75. The summed E-state index contributed by atoms with van der Waals surface area (Å²) < 4.78 is 7.02. The lowest BCUT2D eigenvalue weighted by Crippen LogP contribution is -2.46. The van der Waals surface area contributed by atoms with Gasteiger partial charge in [-0.3, -0.25) is 9.59 Å². The molecule has 2 aromatic heterocycles. The van der Waals surface area contributed by atoms with E-state index in [0.717, 1.165) is 12.2 Å². The van der Waals surface area contributed by atoms with Crippen LogP contribution < -0.4 is 21.8 Å². The molecule has 100 valence electrons. The molecule has 0 amide bonds. The smallest absolute Gasteiger partial charge is 0.272 e. The first-order valence-corrected chi connectivity index (χ1v) is 5.79. The summed E-state index contributed by atoms with van der Waals surface area (Å²) >= 11 is 0. The summed E-state index contributed by atoms with van der Waals surface area (Å²) in [7, 11) is 0. The molecule has 0 unspecified atom stereocenters. The molecule has 0 aliphatic heterocycles. The Morgan fingerprint density at radius 2 is 2.05 bits per heavy atom. The predicted molar refractivity (Wildman–Crippen MR) is 73.3 cm³/mol. The van der Waals surface area contributed by atoms with E-state index in [1.54, 1.807) is 6.33 Å². The molecule has 19 heavy (non-hydrogen) atoms. The summed E-state index contributed by atoms with van der Waals surface area (Å²) in [5.74, 6) is 0. The molecule has 0 radical (unpaired) electrons. The molecule has 0 atom stereocenters. The second kappa shape index (κ2) is 4.38. The average molecular weight is 261 g/mol. The van der Waals surface area contributed by atoms with Gasteiger partial charge in [0, 0.05) is 11.1 Å². The van der Waals surface area contributed by atoms with Crippen molar-refractivity contribution in [2.45, 2.75) is 26.2 Å². The summed E-state index contributed by atoms with van der Waals surface area (Å²) in [4.78, 5) is 35.5. The highest BCUT2D eigenvalue weighted by Crippen LogP contribution is 2.22. The third-order valence-corrected chi connectivity index (χ3v) is 2.69. The van der Waals surface area contributed by atoms with E-state index < -0.39 is 11.1 Å². The van der Waals surface area contributed by atoms with Gasteiger partial charge in [-0.25, -0.2) is 4.98 Å². The molecule has 0 spiro atoms. The molecule has 0 aromatic carbocycles. The molecule has 0 saturated heterocycles. The SMILES string of the molecule is [2H]/C=c1/[nH]c(=O)c(=Cc2nc[nH]c2C(C)(C)C)[nH]c1=O. The van der Waals surface area contributed by atoms with Gasteiger partial charge >= 0.3 is 0 Å². The van der Waals surface area contributed by atoms with Crippen molar-refractivity contribution in [2.75, 3.05) is 0 Å². The minimum atomic E-state index is -0.515. The van der Waals surface area contributed by atoms with Gasteiger partial charge in [0.2, 0.25) is 0 Å². The Labute approximate surface area is 110 Å². The Morgan fingerprint density at radius 3 is 2.68 bits per heavy atom. The third kappa shape index (κ3) is 2.57. The normalized spacial score (nSPS) is 14.8. The van der Waals surface area contributed by atoms with Gasteiger partial charge in [-0.2, -0.15) is 0 Å². The maximum Gasteiger partial charge on any atom is 0.272 e. The summed E-state index contributed by atoms with van der Waals surface area (Å²) in [5.41, 5.74) is 0.323. The zero-order chi connectivity index (χ0) is 14.9. The maximum absolute atomic E-state index is 11.8. The van der Waals surface area contributed by atoms with Crippen molar-refractivity contribution in [3.8, 4) is 0 Å². The summed E-state index contributed by atoms with van der Waals surface area (Å²) in [6, 6.07) is 0. The summed E-state index contributed by atoms with van der Waals surface area (Å²) in [6.07, 6.45) is 3.07. The number of nitrogens with one attached hydrogen (secondary N) is 3. The van der Waals surface area contributed by atoms with Gasteiger partial charge < -0.3 is 15.0 Å². The highest BCUT2D eigenvalue weighted by atomic mass is 16.1. The molecular formula is C13H16N4O2. The monoisotopic (exact) mass is 261 g/mol. The summed E-state index contributed by atoms with van der Waals surface area (Å²) in [6.45, 7) is 6.86. The Hall–Kier alpha value is -2.37. The lowest BCUT2D eigenvalue weighted by atomic mass is 9.90. The van der Waals surface area contributed by atoms with E-state index in [2.05, 4.69) is 19.9 Å². The zero-order valence-corrected chi connectivity index (χ0v) is 11.0. The standard InChI is InChI=1S/C13H16N4O2/c1-7-11(18)17-9(12(19)16-7)5-8-10(13(2,3)4)15-6-14-8/h5-6H,1H2,2-4H3,(H,14,15)(H,16,19)(H,17,18)/i1D/b7-1+,9-5?. The van der Waals surface area contributed by atoms with Gasteiger partial charge in [-0.15, -0.1) is 0 Å². The first kappa shape index (κ1) is 11.7. The van der Waals surface area contributed by atoms with E-state index in [0.29, 0.717) is 5.69 Å². The van der Waals surface area contributed by atoms with Crippen LogP contribution in [0.15, 0.2) is 15.9 Å². The van der Waals surface area contributed by atoms with E-state index in [9.17, 15) is 9.59 Å². The molecule has 0 fully saturated rings. The Morgan fingerprint density at radius 1 is 1.32 bits per heavy atom. The van der Waals surface area contributed by atoms with Crippen LogP contribution in [0, 0.1) is 0 Å². The number of aromatic amines is 3. The quantitative estimate of drug-likeness (QED) is 0.635. The van der Waals surface area contributed by atoms with Gasteiger partial charge in [-0.1, -0.05) is 27.3 Å². The number of H-pyrrole nitrogens is 3. The van der Waals surface area contributed by atoms with Crippen molar-refractivity contribution in [3.05, 3.63) is 49.1 Å². The van der Waals surface area contributed by atoms with E-state index >= 15 is 0 Å². The van der Waals surface area contributed by atoms with E-state index in [-0.39, 0.29) is 16.1 Å². The van der Waals surface area contributed by atoms with Crippen molar-refractivity contribution in [2.24, 2.45) is 0 Å². The van der Waals surface area contributed by atoms with Crippen LogP contribution in [-0.4, -0.2) is 19.9 Å². The van der Waals surface area contributed by atoms with Crippen LogP contribution in [0.3, 0.4) is 0 Å². The molecule has 0 aliphatic rings. The van der Waals surface area contributed by atoms with E-state index in [4.69, 9.17) is 1.37 Å². The molecule has 0 aliphatic carbocycles. The molecular weight excluding hydrogens is 244 g/mol. The fraction of sp³-hybridized carbons (Fsp3) is 0.308. The number of rotatable bonds is 1. The first-order valence-electron chi connectivity index (χ1n) is 6.37. The number of hydrogen-bond acceptors (Lipinski definition) is 3. The van der Waals surface area contributed by atoms with Crippen LogP contribution in [0.25, 0.3) is 12.6 Å². The van der Waals surface area contributed by atoms with Crippen molar-refractivity contribution in [1.82, 2.24) is 19.9 Å². The fourth-order valence-corrected chi connectivity index (χ4v) is 1.75. The highest BCUT2D eigenvalue weighted by molar-refractivity contribution is 5.47. The molecule has 0 saturated carbocycles. The lowest BCUT2D eigenvalue weighted by molar-refractivity contribution is 0.571. The molecule has 3 N–H and O–H groups in total. The van der Waals surface area contributed by atoms with Crippen LogP contribution in [0.4, 0.5) is 0 Å². The van der Waals surface area contributed by atoms with Gasteiger partial charge in [0.05, 0.1) is 18.7 Å². The predicted octanol–water partition coefficient (Wildman–Crippen LogP) is -0.677. The second-order valence-electron chi connectivity index (χ2n) is 5.29. The molecule has 2 aromatic rings. The largest absolute Gasteiger partial charge is 0.348 e. The number of hydrogen-bond donors (Lipinski definition) is 3. The second-order valence-corrected chi connectivity index (χ2v) is 5.29. The van der Waals surface area contributed by atoms with Crippen molar-refractivity contribution in [3.63, 3.8) is 0 Å². The molecule has 6 heteroatoms. The van der Waals surface area contributed by atoms with Crippen molar-refractivity contribution in [1.29, 1.82) is 0 Å². The minimum Gasteiger partial charge on any atom is -0.348 e.